The molecule has 1 fully saturated rings. The van der Waals surface area contributed by atoms with E-state index in [1.807, 2.05) is 37.3 Å². The zero-order valence-electron chi connectivity index (χ0n) is 12.3. The molecule has 2 amide bonds. The molecule has 108 valence electrons. The summed E-state index contributed by atoms with van der Waals surface area (Å²) in [5, 5.41) is 2.79. The smallest absolute Gasteiger partial charge is 0.250 e. The molecule has 1 saturated heterocycles. The summed E-state index contributed by atoms with van der Waals surface area (Å²) in [4.78, 5) is 26.3. The maximum absolute atomic E-state index is 12.6. The van der Waals surface area contributed by atoms with Crippen LogP contribution in [0.1, 0.15) is 38.8 Å². The number of hydrogen-bond acceptors (Lipinski definition) is 2. The number of rotatable bonds is 4. The van der Waals surface area contributed by atoms with Crippen LogP contribution in [0, 0.1) is 5.92 Å². The molecule has 0 aliphatic carbocycles. The standard InChI is InChI=1S/C16H22N2O2/c1-4-11(2)12(3)18-10-14(19)17-15(16(18)20)13-8-6-5-7-9-13/h5-9,11-12,15H,4,10H2,1-3H3,(H,17,19). The molecule has 4 nitrogen and oxygen atoms in total. The van der Waals surface area contributed by atoms with Gasteiger partial charge in [0.2, 0.25) is 5.91 Å². The van der Waals surface area contributed by atoms with E-state index in [0.717, 1.165) is 12.0 Å². The highest BCUT2D eigenvalue weighted by atomic mass is 16.2. The molecule has 2 rings (SSSR count). The van der Waals surface area contributed by atoms with Crippen LogP contribution < -0.4 is 5.32 Å². The lowest BCUT2D eigenvalue weighted by atomic mass is 9.96. The Hall–Kier alpha value is -1.84. The molecule has 0 saturated carbocycles. The zero-order chi connectivity index (χ0) is 14.7. The van der Waals surface area contributed by atoms with E-state index < -0.39 is 6.04 Å². The predicted molar refractivity (Wildman–Crippen MR) is 78.0 cm³/mol. The van der Waals surface area contributed by atoms with E-state index in [9.17, 15) is 9.59 Å². The monoisotopic (exact) mass is 274 g/mol. The molecular formula is C16H22N2O2. The third-order valence-corrected chi connectivity index (χ3v) is 4.24. The van der Waals surface area contributed by atoms with E-state index >= 15 is 0 Å². The van der Waals surface area contributed by atoms with Crippen LogP contribution >= 0.6 is 0 Å². The Labute approximate surface area is 120 Å². The number of piperazine rings is 1. The van der Waals surface area contributed by atoms with Gasteiger partial charge in [-0.15, -0.1) is 0 Å². The minimum absolute atomic E-state index is 0.0106. The molecule has 0 spiro atoms. The van der Waals surface area contributed by atoms with E-state index in [4.69, 9.17) is 0 Å². The molecule has 3 atom stereocenters. The van der Waals surface area contributed by atoms with Crippen LogP contribution in [-0.2, 0) is 9.59 Å². The molecule has 4 heteroatoms. The van der Waals surface area contributed by atoms with Crippen molar-refractivity contribution in [3.05, 3.63) is 35.9 Å². The van der Waals surface area contributed by atoms with Crippen molar-refractivity contribution in [3.8, 4) is 0 Å². The van der Waals surface area contributed by atoms with Gasteiger partial charge in [-0.25, -0.2) is 0 Å². The quantitative estimate of drug-likeness (QED) is 0.914. The normalized spacial score (nSPS) is 22.4. The molecule has 1 aliphatic heterocycles. The van der Waals surface area contributed by atoms with Crippen molar-refractivity contribution in [2.75, 3.05) is 6.54 Å². The minimum Gasteiger partial charge on any atom is -0.339 e. The summed E-state index contributed by atoms with van der Waals surface area (Å²) in [7, 11) is 0. The Kier molecular flexibility index (Phi) is 4.42. The van der Waals surface area contributed by atoms with Crippen LogP contribution in [0.3, 0.4) is 0 Å². The van der Waals surface area contributed by atoms with Gasteiger partial charge < -0.3 is 10.2 Å². The van der Waals surface area contributed by atoms with Crippen LogP contribution in [0.25, 0.3) is 0 Å². The van der Waals surface area contributed by atoms with Crippen molar-refractivity contribution in [1.82, 2.24) is 10.2 Å². The lowest BCUT2D eigenvalue weighted by molar-refractivity contribution is -0.147. The Morgan fingerprint density at radius 3 is 2.50 bits per heavy atom. The first-order valence-corrected chi connectivity index (χ1v) is 7.19. The van der Waals surface area contributed by atoms with Gasteiger partial charge >= 0.3 is 0 Å². The lowest BCUT2D eigenvalue weighted by Gasteiger charge is -2.38. The highest BCUT2D eigenvalue weighted by Gasteiger charge is 2.36. The number of nitrogens with one attached hydrogen (secondary N) is 1. The van der Waals surface area contributed by atoms with E-state index in [1.165, 1.54) is 0 Å². The summed E-state index contributed by atoms with van der Waals surface area (Å²) in [6, 6.07) is 8.93. The SMILES string of the molecule is CCC(C)C(C)N1CC(=O)NC(c2ccccc2)C1=O. The van der Waals surface area contributed by atoms with Gasteiger partial charge in [0.1, 0.15) is 6.04 Å². The average Bonchev–Trinajstić information content (AvgIpc) is 2.48. The number of nitrogens with zero attached hydrogens (tertiary/aromatic N) is 1. The van der Waals surface area contributed by atoms with Crippen molar-refractivity contribution in [1.29, 1.82) is 0 Å². The fraction of sp³-hybridized carbons (Fsp3) is 0.500. The summed E-state index contributed by atoms with van der Waals surface area (Å²) < 4.78 is 0. The first kappa shape index (κ1) is 14.6. The van der Waals surface area contributed by atoms with Crippen LogP contribution in [0.5, 0.6) is 0 Å². The third kappa shape index (κ3) is 2.84. The van der Waals surface area contributed by atoms with Crippen molar-refractivity contribution >= 4 is 11.8 Å². The molecule has 1 aromatic rings. The number of benzene rings is 1. The predicted octanol–water partition coefficient (Wildman–Crippen LogP) is 2.12. The van der Waals surface area contributed by atoms with Crippen LogP contribution in [0.15, 0.2) is 30.3 Å². The molecule has 0 radical (unpaired) electrons. The number of carbonyl (C=O) groups is 2. The van der Waals surface area contributed by atoms with Crippen molar-refractivity contribution in [3.63, 3.8) is 0 Å². The second-order valence-electron chi connectivity index (χ2n) is 5.50. The van der Waals surface area contributed by atoms with Gasteiger partial charge in [-0.1, -0.05) is 50.6 Å². The fourth-order valence-electron chi connectivity index (χ4n) is 2.53. The fourth-order valence-corrected chi connectivity index (χ4v) is 2.53. The van der Waals surface area contributed by atoms with E-state index in [-0.39, 0.29) is 24.4 Å². The Morgan fingerprint density at radius 1 is 1.25 bits per heavy atom. The number of amides is 2. The van der Waals surface area contributed by atoms with Gasteiger partial charge in [0, 0.05) is 6.04 Å². The maximum Gasteiger partial charge on any atom is 0.250 e. The largest absolute Gasteiger partial charge is 0.339 e. The van der Waals surface area contributed by atoms with Crippen LogP contribution in [0.4, 0.5) is 0 Å². The molecule has 0 aromatic heterocycles. The second-order valence-corrected chi connectivity index (χ2v) is 5.50. The van der Waals surface area contributed by atoms with Crippen molar-refractivity contribution in [2.45, 2.75) is 39.3 Å². The first-order chi connectivity index (χ1) is 9.54. The van der Waals surface area contributed by atoms with Gasteiger partial charge in [-0.3, -0.25) is 9.59 Å². The molecule has 1 aromatic carbocycles. The number of carbonyl (C=O) groups excluding carboxylic acids is 2. The summed E-state index contributed by atoms with van der Waals surface area (Å²) in [5.74, 6) is 0.276. The van der Waals surface area contributed by atoms with Gasteiger partial charge in [0.15, 0.2) is 0 Å². The van der Waals surface area contributed by atoms with E-state index in [2.05, 4.69) is 19.2 Å². The van der Waals surface area contributed by atoms with E-state index in [1.54, 1.807) is 4.90 Å². The van der Waals surface area contributed by atoms with E-state index in [0.29, 0.717) is 5.92 Å². The molecule has 3 unspecified atom stereocenters. The highest BCUT2D eigenvalue weighted by Crippen LogP contribution is 2.23. The van der Waals surface area contributed by atoms with Gasteiger partial charge in [-0.05, 0) is 18.4 Å². The lowest BCUT2D eigenvalue weighted by Crippen LogP contribution is -2.57. The molecular weight excluding hydrogens is 252 g/mol. The Bertz CT molecular complexity index is 487. The number of hydrogen-bond donors (Lipinski definition) is 1. The topological polar surface area (TPSA) is 49.4 Å². The highest BCUT2D eigenvalue weighted by molar-refractivity contribution is 5.95. The first-order valence-electron chi connectivity index (χ1n) is 7.19. The molecule has 20 heavy (non-hydrogen) atoms. The second kappa shape index (κ2) is 6.07. The molecule has 1 aliphatic rings. The minimum atomic E-state index is -0.552. The summed E-state index contributed by atoms with van der Waals surface area (Å²) >= 11 is 0. The summed E-state index contributed by atoms with van der Waals surface area (Å²) in [6.45, 7) is 6.40. The molecule has 1 N–H and O–H groups in total. The van der Waals surface area contributed by atoms with Crippen LogP contribution in [0.2, 0.25) is 0 Å². The molecule has 1 heterocycles. The van der Waals surface area contributed by atoms with Gasteiger partial charge in [0.25, 0.3) is 5.91 Å². The maximum atomic E-state index is 12.6. The summed E-state index contributed by atoms with van der Waals surface area (Å²) in [6.07, 6.45) is 0.989. The molecule has 0 bridgehead atoms. The Morgan fingerprint density at radius 2 is 1.90 bits per heavy atom. The summed E-state index contributed by atoms with van der Waals surface area (Å²) in [5.41, 5.74) is 0.840. The van der Waals surface area contributed by atoms with Crippen molar-refractivity contribution in [2.24, 2.45) is 5.92 Å². The third-order valence-electron chi connectivity index (χ3n) is 4.24. The van der Waals surface area contributed by atoms with Crippen molar-refractivity contribution < 1.29 is 9.59 Å². The zero-order valence-corrected chi connectivity index (χ0v) is 12.3. The average molecular weight is 274 g/mol. The Balaban J connectivity index is 2.24. The van der Waals surface area contributed by atoms with Gasteiger partial charge in [0.05, 0.1) is 6.54 Å². The van der Waals surface area contributed by atoms with Crippen LogP contribution in [-0.4, -0.2) is 29.3 Å². The van der Waals surface area contributed by atoms with Gasteiger partial charge in [-0.2, -0.15) is 0 Å².